The maximum Gasteiger partial charge on any atom is 0.195 e. The van der Waals surface area contributed by atoms with E-state index in [2.05, 4.69) is 0 Å². The fourth-order valence-electron chi connectivity index (χ4n) is 1.74. The van der Waals surface area contributed by atoms with Crippen LogP contribution in [0.1, 0.15) is 12.0 Å². The lowest BCUT2D eigenvalue weighted by atomic mass is 9.94. The molecule has 2 atom stereocenters. The van der Waals surface area contributed by atoms with E-state index in [0.29, 0.717) is 5.57 Å². The fraction of sp³-hybridized carbons (Fsp3) is 0.167. The molecular formula is C12H12O3S. The van der Waals surface area contributed by atoms with Gasteiger partial charge in [0, 0.05) is 12.0 Å². The van der Waals surface area contributed by atoms with Crippen molar-refractivity contribution in [2.75, 3.05) is 0 Å². The van der Waals surface area contributed by atoms with Crippen LogP contribution >= 0.6 is 0 Å². The van der Waals surface area contributed by atoms with Crippen molar-refractivity contribution in [1.82, 2.24) is 0 Å². The highest BCUT2D eigenvalue weighted by Gasteiger charge is 2.38. The molecule has 0 radical (unpaired) electrons. The van der Waals surface area contributed by atoms with Gasteiger partial charge in [-0.25, -0.2) is 4.21 Å². The van der Waals surface area contributed by atoms with Crippen LogP contribution in [-0.2, 0) is 11.1 Å². The van der Waals surface area contributed by atoms with E-state index in [-0.39, 0.29) is 6.42 Å². The average molecular weight is 236 g/mol. The van der Waals surface area contributed by atoms with E-state index >= 15 is 0 Å². The molecule has 2 rings (SSSR count). The lowest BCUT2D eigenvalue weighted by Gasteiger charge is -2.28. The second kappa shape index (κ2) is 4.33. The first kappa shape index (κ1) is 11.3. The normalized spacial score (nSPS) is 26.2. The number of allylic oxidation sites excluding steroid dienone is 2. The summed E-state index contributed by atoms with van der Waals surface area (Å²) in [7, 11) is 0. The maximum atomic E-state index is 11.2. The summed E-state index contributed by atoms with van der Waals surface area (Å²) in [5, 5.41) is 10.2. The third-order valence-electron chi connectivity index (χ3n) is 2.59. The van der Waals surface area contributed by atoms with Gasteiger partial charge >= 0.3 is 0 Å². The summed E-state index contributed by atoms with van der Waals surface area (Å²) in [6.07, 6.45) is 5.29. The zero-order valence-electron chi connectivity index (χ0n) is 8.54. The monoisotopic (exact) mass is 236 g/mol. The molecular weight excluding hydrogens is 224 g/mol. The van der Waals surface area contributed by atoms with Gasteiger partial charge in [-0.05, 0) is 5.56 Å². The zero-order valence-corrected chi connectivity index (χ0v) is 9.35. The molecule has 0 aliphatic heterocycles. The number of benzene rings is 1. The van der Waals surface area contributed by atoms with Crippen molar-refractivity contribution in [1.29, 1.82) is 0 Å². The van der Waals surface area contributed by atoms with Crippen LogP contribution in [0.3, 0.4) is 0 Å². The van der Waals surface area contributed by atoms with E-state index in [1.165, 1.54) is 0 Å². The highest BCUT2D eigenvalue weighted by Crippen LogP contribution is 2.35. The first-order valence-electron chi connectivity index (χ1n) is 4.90. The van der Waals surface area contributed by atoms with Crippen LogP contribution in [0, 0.1) is 0 Å². The molecule has 2 unspecified atom stereocenters. The van der Waals surface area contributed by atoms with Crippen LogP contribution in [0.4, 0.5) is 0 Å². The highest BCUT2D eigenvalue weighted by atomic mass is 32.2. The molecule has 1 aromatic carbocycles. The number of hydrogen-bond acceptors (Lipinski definition) is 2. The summed E-state index contributed by atoms with van der Waals surface area (Å²) < 4.78 is 20.5. The van der Waals surface area contributed by atoms with Crippen molar-refractivity contribution in [3.8, 4) is 0 Å². The lowest BCUT2D eigenvalue weighted by Crippen LogP contribution is -2.35. The third kappa shape index (κ3) is 1.87. The van der Waals surface area contributed by atoms with Gasteiger partial charge in [-0.1, -0.05) is 48.6 Å². The largest absolute Gasteiger partial charge is 0.371 e. The van der Waals surface area contributed by atoms with E-state index < -0.39 is 16.0 Å². The van der Waals surface area contributed by atoms with Crippen LogP contribution < -0.4 is 0 Å². The van der Waals surface area contributed by atoms with E-state index in [4.69, 9.17) is 0 Å². The molecule has 1 aliphatic carbocycles. The van der Waals surface area contributed by atoms with Crippen molar-refractivity contribution in [3.63, 3.8) is 0 Å². The summed E-state index contributed by atoms with van der Waals surface area (Å²) in [6.45, 7) is 0. The molecule has 16 heavy (non-hydrogen) atoms. The Hall–Kier alpha value is -1.23. The fourth-order valence-corrected chi connectivity index (χ4v) is 2.35. The summed E-state index contributed by atoms with van der Waals surface area (Å²) in [5.74, 6) is 0. The smallest absolute Gasteiger partial charge is 0.195 e. The molecule has 0 aromatic heterocycles. The molecule has 0 heterocycles. The first-order valence-corrected chi connectivity index (χ1v) is 6.01. The third-order valence-corrected chi connectivity index (χ3v) is 3.55. The molecule has 0 amide bonds. The van der Waals surface area contributed by atoms with Gasteiger partial charge in [0.25, 0.3) is 0 Å². The lowest BCUT2D eigenvalue weighted by molar-refractivity contribution is 0.183. The number of aliphatic hydroxyl groups is 1. The topological polar surface area (TPSA) is 57.5 Å². The van der Waals surface area contributed by atoms with Gasteiger partial charge in [-0.2, -0.15) is 0 Å². The molecule has 1 aromatic rings. The predicted octanol–water partition coefficient (Wildman–Crippen LogP) is 1.94. The van der Waals surface area contributed by atoms with Gasteiger partial charge in [0.05, 0.1) is 0 Å². The van der Waals surface area contributed by atoms with Crippen molar-refractivity contribution < 1.29 is 13.9 Å². The Morgan fingerprint density at radius 1 is 1.25 bits per heavy atom. The minimum absolute atomic E-state index is 0.150. The Morgan fingerprint density at radius 2 is 1.94 bits per heavy atom. The van der Waals surface area contributed by atoms with Crippen LogP contribution in [0.25, 0.3) is 5.57 Å². The summed E-state index contributed by atoms with van der Waals surface area (Å²) in [6, 6.07) is 9.13. The van der Waals surface area contributed by atoms with Crippen LogP contribution in [-0.4, -0.2) is 18.8 Å². The second-order valence-corrected chi connectivity index (χ2v) is 4.79. The van der Waals surface area contributed by atoms with E-state index in [1.54, 1.807) is 18.2 Å². The zero-order chi connectivity index (χ0) is 11.6. The van der Waals surface area contributed by atoms with Crippen molar-refractivity contribution in [2.45, 2.75) is 11.4 Å². The molecule has 0 fully saturated rings. The summed E-state index contributed by atoms with van der Waals surface area (Å²) >= 11 is -2.31. The Balaban J connectivity index is 2.49. The Morgan fingerprint density at radius 3 is 2.56 bits per heavy atom. The van der Waals surface area contributed by atoms with Crippen LogP contribution in [0.2, 0.25) is 0 Å². The summed E-state index contributed by atoms with van der Waals surface area (Å²) in [4.78, 5) is -1.70. The molecule has 0 saturated carbocycles. The molecule has 2 N–H and O–H groups in total. The molecule has 0 bridgehead atoms. The van der Waals surface area contributed by atoms with Crippen molar-refractivity contribution in [3.05, 3.63) is 54.1 Å². The number of rotatable bonds is 2. The van der Waals surface area contributed by atoms with Gasteiger partial charge < -0.3 is 9.66 Å². The van der Waals surface area contributed by atoms with Gasteiger partial charge in [-0.3, -0.25) is 0 Å². The van der Waals surface area contributed by atoms with Gasteiger partial charge in [0.15, 0.2) is 16.0 Å². The molecule has 4 heteroatoms. The SMILES string of the molecule is O=S(O)C1(O)CC=CC=C1c1ccccc1. The Bertz CT molecular complexity index is 464. The summed E-state index contributed by atoms with van der Waals surface area (Å²) in [5.41, 5.74) is 1.24. The Labute approximate surface area is 96.4 Å². The molecule has 84 valence electrons. The minimum atomic E-state index is -2.31. The van der Waals surface area contributed by atoms with E-state index in [9.17, 15) is 13.9 Å². The van der Waals surface area contributed by atoms with Gasteiger partial charge in [0.2, 0.25) is 0 Å². The highest BCUT2D eigenvalue weighted by molar-refractivity contribution is 7.81. The van der Waals surface area contributed by atoms with Gasteiger partial charge in [-0.15, -0.1) is 0 Å². The maximum absolute atomic E-state index is 11.2. The predicted molar refractivity (Wildman–Crippen MR) is 63.9 cm³/mol. The minimum Gasteiger partial charge on any atom is -0.371 e. The van der Waals surface area contributed by atoms with Crippen molar-refractivity contribution in [2.24, 2.45) is 0 Å². The molecule has 3 nitrogen and oxygen atoms in total. The average Bonchev–Trinajstić information content (AvgIpc) is 2.30. The molecule has 0 spiro atoms. The first-order chi connectivity index (χ1) is 7.64. The van der Waals surface area contributed by atoms with Crippen molar-refractivity contribution >= 4 is 16.7 Å². The van der Waals surface area contributed by atoms with Crippen LogP contribution in [0.5, 0.6) is 0 Å². The van der Waals surface area contributed by atoms with E-state index in [0.717, 1.165) is 5.56 Å². The van der Waals surface area contributed by atoms with Crippen LogP contribution in [0.15, 0.2) is 48.6 Å². The quantitative estimate of drug-likeness (QED) is 0.771. The molecule has 1 aliphatic rings. The second-order valence-electron chi connectivity index (χ2n) is 3.61. The van der Waals surface area contributed by atoms with E-state index in [1.807, 2.05) is 30.3 Å². The Kier molecular flexibility index (Phi) is 3.05. The molecule has 0 saturated heterocycles. The standard InChI is InChI=1S/C12H12O3S/c13-12(16(14)15)9-5-4-8-11(12)10-6-2-1-3-7-10/h1-8,13H,9H2,(H,14,15). The van der Waals surface area contributed by atoms with Gasteiger partial charge in [0.1, 0.15) is 0 Å². The number of hydrogen-bond donors (Lipinski definition) is 2.